The van der Waals surface area contributed by atoms with Crippen LogP contribution in [0.5, 0.6) is 0 Å². The van der Waals surface area contributed by atoms with E-state index in [0.717, 1.165) is 11.3 Å². The van der Waals surface area contributed by atoms with E-state index in [1.807, 2.05) is 31.2 Å². The number of aryl methyl sites for hydroxylation is 1. The van der Waals surface area contributed by atoms with Gasteiger partial charge in [-0.15, -0.1) is 0 Å². The number of benzene rings is 2. The molecule has 0 saturated carbocycles. The SMILES string of the molecule is Cc1ccc(NC(=O)N2CCC(C(=O)Nc3ccccc3F)CC2)cc1. The zero-order chi connectivity index (χ0) is 18.5. The van der Waals surface area contributed by atoms with Crippen LogP contribution >= 0.6 is 0 Å². The Kier molecular flexibility index (Phi) is 5.51. The van der Waals surface area contributed by atoms with E-state index >= 15 is 0 Å². The molecule has 0 radical (unpaired) electrons. The highest BCUT2D eigenvalue weighted by atomic mass is 19.1. The summed E-state index contributed by atoms with van der Waals surface area (Å²) in [5.41, 5.74) is 2.07. The number of carbonyl (C=O) groups is 2. The summed E-state index contributed by atoms with van der Waals surface area (Å²) in [5.74, 6) is -0.873. The molecule has 1 heterocycles. The molecule has 0 spiro atoms. The molecule has 1 saturated heterocycles. The molecule has 5 nitrogen and oxygen atoms in total. The van der Waals surface area contributed by atoms with Crippen LogP contribution in [-0.4, -0.2) is 29.9 Å². The second-order valence-electron chi connectivity index (χ2n) is 6.53. The maximum atomic E-state index is 13.6. The van der Waals surface area contributed by atoms with E-state index in [4.69, 9.17) is 0 Å². The molecular formula is C20H22FN3O2. The molecule has 1 aliphatic heterocycles. The molecule has 0 atom stereocenters. The van der Waals surface area contributed by atoms with Crippen molar-refractivity contribution in [3.63, 3.8) is 0 Å². The van der Waals surface area contributed by atoms with Crippen molar-refractivity contribution in [2.24, 2.45) is 5.92 Å². The highest BCUT2D eigenvalue weighted by molar-refractivity contribution is 5.93. The number of anilines is 2. The predicted octanol–water partition coefficient (Wildman–Crippen LogP) is 4.02. The maximum Gasteiger partial charge on any atom is 0.321 e. The summed E-state index contributed by atoms with van der Waals surface area (Å²) < 4.78 is 13.6. The number of nitrogens with one attached hydrogen (secondary N) is 2. The molecule has 26 heavy (non-hydrogen) atoms. The van der Waals surface area contributed by atoms with E-state index in [-0.39, 0.29) is 23.5 Å². The van der Waals surface area contributed by atoms with Gasteiger partial charge >= 0.3 is 6.03 Å². The van der Waals surface area contributed by atoms with Crippen LogP contribution in [-0.2, 0) is 4.79 Å². The molecule has 2 aromatic carbocycles. The largest absolute Gasteiger partial charge is 0.324 e. The van der Waals surface area contributed by atoms with Crippen molar-refractivity contribution in [2.75, 3.05) is 23.7 Å². The van der Waals surface area contributed by atoms with Crippen LogP contribution < -0.4 is 10.6 Å². The van der Waals surface area contributed by atoms with Crippen molar-refractivity contribution in [1.29, 1.82) is 0 Å². The van der Waals surface area contributed by atoms with Gasteiger partial charge in [-0.2, -0.15) is 0 Å². The first kappa shape index (κ1) is 17.9. The number of likely N-dealkylation sites (tertiary alicyclic amines) is 1. The summed E-state index contributed by atoms with van der Waals surface area (Å²) in [5, 5.41) is 5.50. The van der Waals surface area contributed by atoms with Crippen molar-refractivity contribution in [3.05, 3.63) is 59.9 Å². The van der Waals surface area contributed by atoms with Crippen LogP contribution in [0.3, 0.4) is 0 Å². The van der Waals surface area contributed by atoms with E-state index in [0.29, 0.717) is 25.9 Å². The number of rotatable bonds is 3. The lowest BCUT2D eigenvalue weighted by Crippen LogP contribution is -2.43. The maximum absolute atomic E-state index is 13.6. The Labute approximate surface area is 152 Å². The van der Waals surface area contributed by atoms with Crippen molar-refractivity contribution in [1.82, 2.24) is 4.90 Å². The van der Waals surface area contributed by atoms with Crippen LogP contribution in [0.2, 0.25) is 0 Å². The fraction of sp³-hybridized carbons (Fsp3) is 0.300. The van der Waals surface area contributed by atoms with E-state index in [2.05, 4.69) is 10.6 Å². The molecule has 0 unspecified atom stereocenters. The molecular weight excluding hydrogens is 333 g/mol. The smallest absolute Gasteiger partial charge is 0.321 e. The number of piperidine rings is 1. The molecule has 3 rings (SSSR count). The zero-order valence-corrected chi connectivity index (χ0v) is 14.7. The molecule has 0 bridgehead atoms. The third kappa shape index (κ3) is 4.39. The van der Waals surface area contributed by atoms with Crippen molar-refractivity contribution >= 4 is 23.3 Å². The third-order valence-electron chi connectivity index (χ3n) is 4.59. The first-order valence-corrected chi connectivity index (χ1v) is 8.71. The Morgan fingerprint density at radius 2 is 1.65 bits per heavy atom. The minimum absolute atomic E-state index is 0.165. The van der Waals surface area contributed by atoms with Gasteiger partial charge in [0.05, 0.1) is 5.69 Å². The summed E-state index contributed by atoms with van der Waals surface area (Å²) in [6.07, 6.45) is 1.11. The quantitative estimate of drug-likeness (QED) is 0.874. The first-order valence-electron chi connectivity index (χ1n) is 8.71. The third-order valence-corrected chi connectivity index (χ3v) is 4.59. The Bertz CT molecular complexity index is 784. The van der Waals surface area contributed by atoms with Crippen molar-refractivity contribution < 1.29 is 14.0 Å². The minimum atomic E-state index is -0.448. The monoisotopic (exact) mass is 355 g/mol. The van der Waals surface area contributed by atoms with Gasteiger partial charge in [-0.25, -0.2) is 9.18 Å². The standard InChI is InChI=1S/C20H22FN3O2/c1-14-6-8-16(9-7-14)22-20(26)24-12-10-15(11-13-24)19(25)23-18-5-3-2-4-17(18)21/h2-9,15H,10-13H2,1H3,(H,22,26)(H,23,25). The van der Waals surface area contributed by atoms with E-state index in [9.17, 15) is 14.0 Å². The van der Waals surface area contributed by atoms with Crippen LogP contribution in [0.15, 0.2) is 48.5 Å². The molecule has 2 aromatic rings. The average Bonchev–Trinajstić information content (AvgIpc) is 2.65. The summed E-state index contributed by atoms with van der Waals surface area (Å²) >= 11 is 0. The number of para-hydroxylation sites is 1. The minimum Gasteiger partial charge on any atom is -0.324 e. The Balaban J connectivity index is 1.50. The van der Waals surface area contributed by atoms with Crippen molar-refractivity contribution in [2.45, 2.75) is 19.8 Å². The Hall–Kier alpha value is -2.89. The summed E-state index contributed by atoms with van der Waals surface area (Å²) in [4.78, 5) is 26.4. The van der Waals surface area contributed by atoms with Gasteiger partial charge in [0.15, 0.2) is 0 Å². The van der Waals surface area contributed by atoms with Crippen LogP contribution in [0, 0.1) is 18.7 Å². The highest BCUT2D eigenvalue weighted by Gasteiger charge is 2.27. The van der Waals surface area contributed by atoms with Gasteiger partial charge in [-0.1, -0.05) is 29.8 Å². The molecule has 3 amide bonds. The number of amides is 3. The number of hydrogen-bond donors (Lipinski definition) is 2. The lowest BCUT2D eigenvalue weighted by Gasteiger charge is -2.31. The lowest BCUT2D eigenvalue weighted by molar-refractivity contribution is -0.121. The Morgan fingerprint density at radius 1 is 1.00 bits per heavy atom. The topological polar surface area (TPSA) is 61.4 Å². The van der Waals surface area contributed by atoms with Gasteiger partial charge < -0.3 is 15.5 Å². The van der Waals surface area contributed by atoms with E-state index in [1.165, 1.54) is 12.1 Å². The highest BCUT2D eigenvalue weighted by Crippen LogP contribution is 2.21. The summed E-state index contributed by atoms with van der Waals surface area (Å²) in [6, 6.07) is 13.5. The second kappa shape index (κ2) is 7.99. The molecule has 1 fully saturated rings. The summed E-state index contributed by atoms with van der Waals surface area (Å²) in [6.45, 7) is 2.98. The molecule has 6 heteroatoms. The summed E-state index contributed by atoms with van der Waals surface area (Å²) in [7, 11) is 0. The predicted molar refractivity (Wildman–Crippen MR) is 99.5 cm³/mol. The number of nitrogens with zero attached hydrogens (tertiary/aromatic N) is 1. The lowest BCUT2D eigenvalue weighted by atomic mass is 9.96. The number of halogens is 1. The molecule has 0 aliphatic carbocycles. The fourth-order valence-electron chi connectivity index (χ4n) is 2.98. The molecule has 136 valence electrons. The molecule has 2 N–H and O–H groups in total. The fourth-order valence-corrected chi connectivity index (χ4v) is 2.98. The van der Waals surface area contributed by atoms with Crippen LogP contribution in [0.25, 0.3) is 0 Å². The van der Waals surface area contributed by atoms with Gasteiger partial charge in [0.2, 0.25) is 5.91 Å². The Morgan fingerprint density at radius 3 is 2.31 bits per heavy atom. The van der Waals surface area contributed by atoms with Gasteiger partial charge in [-0.3, -0.25) is 4.79 Å². The normalized spacial score (nSPS) is 14.8. The van der Waals surface area contributed by atoms with Crippen LogP contribution in [0.4, 0.5) is 20.6 Å². The zero-order valence-electron chi connectivity index (χ0n) is 14.7. The number of hydrogen-bond acceptors (Lipinski definition) is 2. The van der Waals surface area contributed by atoms with Gasteiger partial charge in [0.25, 0.3) is 0 Å². The van der Waals surface area contributed by atoms with E-state index in [1.54, 1.807) is 17.0 Å². The number of urea groups is 1. The van der Waals surface area contributed by atoms with Gasteiger partial charge in [0, 0.05) is 24.7 Å². The number of carbonyl (C=O) groups excluding carboxylic acids is 2. The molecule has 1 aliphatic rings. The van der Waals surface area contributed by atoms with Crippen LogP contribution in [0.1, 0.15) is 18.4 Å². The molecule has 0 aromatic heterocycles. The van der Waals surface area contributed by atoms with Gasteiger partial charge in [-0.05, 0) is 44.0 Å². The van der Waals surface area contributed by atoms with Crippen molar-refractivity contribution in [3.8, 4) is 0 Å². The second-order valence-corrected chi connectivity index (χ2v) is 6.53. The van der Waals surface area contributed by atoms with E-state index < -0.39 is 5.82 Å². The van der Waals surface area contributed by atoms with Gasteiger partial charge in [0.1, 0.15) is 5.82 Å². The first-order chi connectivity index (χ1) is 12.5. The average molecular weight is 355 g/mol.